The summed E-state index contributed by atoms with van der Waals surface area (Å²) in [5.74, 6) is 0.106. The topological polar surface area (TPSA) is 93.4 Å². The molecule has 0 bridgehead atoms. The lowest BCUT2D eigenvalue weighted by molar-refractivity contribution is -0.385. The summed E-state index contributed by atoms with van der Waals surface area (Å²) in [7, 11) is 0. The summed E-state index contributed by atoms with van der Waals surface area (Å²) in [4.78, 5) is 21.3. The van der Waals surface area contributed by atoms with Gasteiger partial charge in [-0.3, -0.25) is 10.1 Å². The third kappa shape index (κ3) is 3.40. The molecule has 1 aliphatic heterocycles. The number of nitro groups is 1. The van der Waals surface area contributed by atoms with Gasteiger partial charge in [0.05, 0.1) is 18.1 Å². The summed E-state index contributed by atoms with van der Waals surface area (Å²) in [6.45, 7) is 3.92. The smallest absolute Gasteiger partial charge is 0.332 e. The average molecular weight is 333 g/mol. The zero-order chi connectivity index (χ0) is 17.1. The lowest BCUT2D eigenvalue weighted by Crippen LogP contribution is -2.37. The van der Waals surface area contributed by atoms with Crippen molar-refractivity contribution in [3.8, 4) is 0 Å². The van der Waals surface area contributed by atoms with Crippen LogP contribution in [-0.2, 0) is 4.74 Å². The first kappa shape index (κ1) is 16.1. The SMILES string of the molecule is Cc1nc(N2CCOCC2)nc(Nc2ccc(F)cc2)c1[N+](=O)[O-]. The predicted octanol–water partition coefficient (Wildman–Crippen LogP) is 2.41. The van der Waals surface area contributed by atoms with E-state index in [1.54, 1.807) is 6.92 Å². The number of hydrogen-bond donors (Lipinski definition) is 1. The highest BCUT2D eigenvalue weighted by molar-refractivity contribution is 5.68. The molecule has 1 N–H and O–H groups in total. The number of nitrogens with one attached hydrogen (secondary N) is 1. The van der Waals surface area contributed by atoms with Crippen molar-refractivity contribution in [1.82, 2.24) is 9.97 Å². The second-order valence-electron chi connectivity index (χ2n) is 5.29. The van der Waals surface area contributed by atoms with E-state index < -0.39 is 4.92 Å². The highest BCUT2D eigenvalue weighted by atomic mass is 19.1. The first-order valence-corrected chi connectivity index (χ1v) is 7.43. The number of hydrogen-bond acceptors (Lipinski definition) is 7. The van der Waals surface area contributed by atoms with Crippen LogP contribution in [0.3, 0.4) is 0 Å². The minimum Gasteiger partial charge on any atom is -0.378 e. The molecule has 9 heteroatoms. The van der Waals surface area contributed by atoms with Gasteiger partial charge in [0.25, 0.3) is 0 Å². The largest absolute Gasteiger partial charge is 0.378 e. The maximum absolute atomic E-state index is 13.0. The van der Waals surface area contributed by atoms with Crippen LogP contribution in [0.5, 0.6) is 0 Å². The first-order chi connectivity index (χ1) is 11.5. The first-order valence-electron chi connectivity index (χ1n) is 7.43. The van der Waals surface area contributed by atoms with E-state index in [9.17, 15) is 14.5 Å². The minimum absolute atomic E-state index is 0.0839. The molecule has 0 radical (unpaired) electrons. The molecular weight excluding hydrogens is 317 g/mol. The number of aryl methyl sites for hydroxylation is 1. The van der Waals surface area contributed by atoms with Gasteiger partial charge in [0.15, 0.2) is 0 Å². The Balaban J connectivity index is 1.98. The fourth-order valence-electron chi connectivity index (χ4n) is 2.43. The zero-order valence-corrected chi connectivity index (χ0v) is 13.0. The molecule has 1 saturated heterocycles. The van der Waals surface area contributed by atoms with Gasteiger partial charge in [0.2, 0.25) is 11.8 Å². The number of anilines is 3. The Morgan fingerprint density at radius 3 is 2.54 bits per heavy atom. The minimum atomic E-state index is -0.524. The molecule has 1 aromatic carbocycles. The van der Waals surface area contributed by atoms with E-state index >= 15 is 0 Å². The Kier molecular flexibility index (Phi) is 4.52. The number of halogens is 1. The molecule has 0 aliphatic carbocycles. The Morgan fingerprint density at radius 2 is 1.92 bits per heavy atom. The Hall–Kier alpha value is -2.81. The molecule has 1 aliphatic rings. The van der Waals surface area contributed by atoms with E-state index in [1.165, 1.54) is 24.3 Å². The van der Waals surface area contributed by atoms with Gasteiger partial charge in [-0.15, -0.1) is 0 Å². The predicted molar refractivity (Wildman–Crippen MR) is 86.1 cm³/mol. The molecule has 0 amide bonds. The number of benzene rings is 1. The summed E-state index contributed by atoms with van der Waals surface area (Å²) < 4.78 is 18.3. The summed E-state index contributed by atoms with van der Waals surface area (Å²) in [5.41, 5.74) is 0.572. The summed E-state index contributed by atoms with van der Waals surface area (Å²) in [6, 6.07) is 5.52. The quantitative estimate of drug-likeness (QED) is 0.678. The third-order valence-electron chi connectivity index (χ3n) is 3.63. The van der Waals surface area contributed by atoms with Crippen LogP contribution in [0.1, 0.15) is 5.69 Å². The fraction of sp³-hybridized carbons (Fsp3) is 0.333. The highest BCUT2D eigenvalue weighted by Crippen LogP contribution is 2.30. The van der Waals surface area contributed by atoms with Gasteiger partial charge >= 0.3 is 5.69 Å². The average Bonchev–Trinajstić information content (AvgIpc) is 2.57. The number of ether oxygens (including phenoxy) is 1. The molecular formula is C15H16FN5O3. The van der Waals surface area contributed by atoms with Crippen molar-refractivity contribution >= 4 is 23.1 Å². The van der Waals surface area contributed by atoms with Gasteiger partial charge in [-0.25, -0.2) is 9.37 Å². The maximum atomic E-state index is 13.0. The van der Waals surface area contributed by atoms with Gasteiger partial charge < -0.3 is 15.0 Å². The third-order valence-corrected chi connectivity index (χ3v) is 3.63. The van der Waals surface area contributed by atoms with E-state index in [4.69, 9.17) is 4.74 Å². The molecule has 0 atom stereocenters. The number of rotatable bonds is 4. The molecule has 2 heterocycles. The van der Waals surface area contributed by atoms with E-state index in [2.05, 4.69) is 15.3 Å². The molecule has 0 spiro atoms. The second kappa shape index (κ2) is 6.75. The van der Waals surface area contributed by atoms with E-state index in [0.29, 0.717) is 37.9 Å². The van der Waals surface area contributed by atoms with Crippen molar-refractivity contribution < 1.29 is 14.1 Å². The molecule has 2 aromatic rings. The monoisotopic (exact) mass is 333 g/mol. The van der Waals surface area contributed by atoms with Gasteiger partial charge in [0.1, 0.15) is 11.5 Å². The Morgan fingerprint density at radius 1 is 1.25 bits per heavy atom. The Labute approximate surface area is 137 Å². The number of nitrogens with zero attached hydrogens (tertiary/aromatic N) is 4. The van der Waals surface area contributed by atoms with Crippen LogP contribution >= 0.6 is 0 Å². The highest BCUT2D eigenvalue weighted by Gasteiger charge is 2.25. The van der Waals surface area contributed by atoms with Gasteiger partial charge in [-0.1, -0.05) is 0 Å². The molecule has 1 fully saturated rings. The maximum Gasteiger partial charge on any atom is 0.332 e. The van der Waals surface area contributed by atoms with Crippen molar-refractivity contribution in [2.75, 3.05) is 36.5 Å². The molecule has 0 saturated carbocycles. The molecule has 24 heavy (non-hydrogen) atoms. The standard InChI is InChI=1S/C15H16FN5O3/c1-10-13(21(22)23)14(18-12-4-2-11(16)3-5-12)19-15(17-10)20-6-8-24-9-7-20/h2-5H,6-9H2,1H3,(H,17,18,19). The molecule has 1 aromatic heterocycles. The van der Waals surface area contributed by atoms with E-state index in [0.717, 1.165) is 0 Å². The Bertz CT molecular complexity index is 748. The van der Waals surface area contributed by atoms with Crippen molar-refractivity contribution in [3.05, 3.63) is 45.9 Å². The van der Waals surface area contributed by atoms with E-state index in [1.807, 2.05) is 4.90 Å². The number of morpholine rings is 1. The van der Waals surface area contributed by atoms with Crippen molar-refractivity contribution in [2.45, 2.75) is 6.92 Å². The number of aromatic nitrogens is 2. The van der Waals surface area contributed by atoms with Gasteiger partial charge in [-0.2, -0.15) is 4.98 Å². The van der Waals surface area contributed by atoms with Crippen LogP contribution in [-0.4, -0.2) is 41.2 Å². The summed E-state index contributed by atoms with van der Waals surface area (Å²) >= 11 is 0. The van der Waals surface area contributed by atoms with E-state index in [-0.39, 0.29) is 23.0 Å². The van der Waals surface area contributed by atoms with Gasteiger partial charge in [-0.05, 0) is 31.2 Å². The molecule has 3 rings (SSSR count). The zero-order valence-electron chi connectivity index (χ0n) is 13.0. The fourth-order valence-corrected chi connectivity index (χ4v) is 2.43. The lowest BCUT2D eigenvalue weighted by Gasteiger charge is -2.27. The summed E-state index contributed by atoms with van der Waals surface area (Å²) in [6.07, 6.45) is 0. The lowest BCUT2D eigenvalue weighted by atomic mass is 10.3. The van der Waals surface area contributed by atoms with Crippen molar-refractivity contribution in [2.24, 2.45) is 0 Å². The second-order valence-corrected chi connectivity index (χ2v) is 5.29. The van der Waals surface area contributed by atoms with Crippen LogP contribution in [0.25, 0.3) is 0 Å². The summed E-state index contributed by atoms with van der Waals surface area (Å²) in [5, 5.41) is 14.3. The van der Waals surface area contributed by atoms with Crippen LogP contribution in [0.2, 0.25) is 0 Å². The molecule has 0 unspecified atom stereocenters. The molecule has 8 nitrogen and oxygen atoms in total. The molecule has 126 valence electrons. The van der Waals surface area contributed by atoms with Crippen LogP contribution < -0.4 is 10.2 Å². The van der Waals surface area contributed by atoms with Crippen molar-refractivity contribution in [3.63, 3.8) is 0 Å². The van der Waals surface area contributed by atoms with Crippen molar-refractivity contribution in [1.29, 1.82) is 0 Å². The van der Waals surface area contributed by atoms with Gasteiger partial charge in [0, 0.05) is 18.8 Å². The normalized spacial score (nSPS) is 14.5. The van der Waals surface area contributed by atoms with Crippen LogP contribution in [0.15, 0.2) is 24.3 Å². The van der Waals surface area contributed by atoms with Crippen LogP contribution in [0, 0.1) is 22.9 Å². The van der Waals surface area contributed by atoms with Crippen LogP contribution in [0.4, 0.5) is 27.5 Å².